The van der Waals surface area contributed by atoms with Crippen molar-refractivity contribution >= 4 is 15.4 Å². The van der Waals surface area contributed by atoms with Gasteiger partial charge in [-0.2, -0.15) is 14.0 Å². The average molecular weight is 224 g/mol. The lowest BCUT2D eigenvalue weighted by molar-refractivity contribution is 0.140. The van der Waals surface area contributed by atoms with E-state index in [0.717, 1.165) is 13.1 Å². The third kappa shape index (κ3) is 3.55. The van der Waals surface area contributed by atoms with Gasteiger partial charge in [0, 0.05) is 26.2 Å². The van der Waals surface area contributed by atoms with Gasteiger partial charge in [0.25, 0.3) is 0 Å². The SMILES string of the molecule is O=C(NNN1CCNCC1)S(=O)(=O)O. The largest absolute Gasteiger partial charge is 0.378 e. The Morgan fingerprint density at radius 3 is 2.43 bits per heavy atom. The third-order valence-corrected chi connectivity index (χ3v) is 2.24. The molecule has 0 saturated carbocycles. The van der Waals surface area contributed by atoms with Crippen molar-refractivity contribution in [2.24, 2.45) is 0 Å². The molecule has 1 amide bonds. The van der Waals surface area contributed by atoms with E-state index >= 15 is 0 Å². The predicted octanol–water partition coefficient (Wildman–Crippen LogP) is -2.09. The van der Waals surface area contributed by atoms with Crippen molar-refractivity contribution in [3.63, 3.8) is 0 Å². The van der Waals surface area contributed by atoms with E-state index in [2.05, 4.69) is 10.9 Å². The summed E-state index contributed by atoms with van der Waals surface area (Å²) in [5.41, 5.74) is 4.25. The summed E-state index contributed by atoms with van der Waals surface area (Å²) in [6, 6.07) is 0. The minimum Gasteiger partial charge on any atom is -0.314 e. The van der Waals surface area contributed by atoms with E-state index in [9.17, 15) is 13.2 Å². The van der Waals surface area contributed by atoms with Gasteiger partial charge in [-0.1, -0.05) is 0 Å². The molecule has 14 heavy (non-hydrogen) atoms. The molecule has 0 aliphatic carbocycles. The Hall–Kier alpha value is -0.740. The number of nitrogens with one attached hydrogen (secondary N) is 3. The summed E-state index contributed by atoms with van der Waals surface area (Å²) < 4.78 is 28.9. The zero-order valence-electron chi connectivity index (χ0n) is 7.36. The first-order chi connectivity index (χ1) is 6.50. The summed E-state index contributed by atoms with van der Waals surface area (Å²) in [4.78, 5) is 10.7. The molecule has 1 fully saturated rings. The summed E-state index contributed by atoms with van der Waals surface area (Å²) in [7, 11) is -4.66. The van der Waals surface area contributed by atoms with Crippen LogP contribution in [0.15, 0.2) is 0 Å². The Balaban J connectivity index is 2.29. The maximum Gasteiger partial charge on any atom is 0.378 e. The molecular weight excluding hydrogens is 212 g/mol. The molecule has 0 aromatic rings. The Bertz CT molecular complexity index is 297. The van der Waals surface area contributed by atoms with Crippen LogP contribution in [0.25, 0.3) is 0 Å². The second-order valence-corrected chi connectivity index (χ2v) is 4.06. The lowest BCUT2D eigenvalue weighted by atomic mass is 10.4. The average Bonchev–Trinajstić information content (AvgIpc) is 2.14. The maximum absolute atomic E-state index is 10.7. The summed E-state index contributed by atoms with van der Waals surface area (Å²) in [5, 5.41) is 3.23. The highest BCUT2D eigenvalue weighted by atomic mass is 32.2. The maximum atomic E-state index is 10.7. The highest BCUT2D eigenvalue weighted by Crippen LogP contribution is 1.86. The molecule has 0 atom stereocenters. The second-order valence-electron chi connectivity index (χ2n) is 2.74. The van der Waals surface area contributed by atoms with E-state index in [-0.39, 0.29) is 0 Å². The first-order valence-corrected chi connectivity index (χ1v) is 5.43. The number of carbonyl (C=O) groups is 1. The Morgan fingerprint density at radius 1 is 1.36 bits per heavy atom. The molecule has 0 aromatic carbocycles. The number of carbonyl (C=O) groups excluding carboxylic acids is 1. The van der Waals surface area contributed by atoms with Crippen LogP contribution < -0.4 is 16.3 Å². The molecular formula is C5H12N4O4S. The summed E-state index contributed by atoms with van der Waals surface area (Å²) in [6.45, 7) is 2.75. The quantitative estimate of drug-likeness (QED) is 0.314. The first kappa shape index (κ1) is 11.3. The number of hydrogen-bond acceptors (Lipinski definition) is 6. The van der Waals surface area contributed by atoms with Gasteiger partial charge >= 0.3 is 15.4 Å². The van der Waals surface area contributed by atoms with E-state index in [0.29, 0.717) is 13.1 Å². The third-order valence-electron chi connectivity index (χ3n) is 1.67. The molecule has 0 bridgehead atoms. The van der Waals surface area contributed by atoms with Gasteiger partial charge in [0.2, 0.25) is 0 Å². The smallest absolute Gasteiger partial charge is 0.314 e. The van der Waals surface area contributed by atoms with Crippen LogP contribution in [0.2, 0.25) is 0 Å². The van der Waals surface area contributed by atoms with E-state index in [1.807, 2.05) is 5.43 Å². The van der Waals surface area contributed by atoms with Crippen LogP contribution >= 0.6 is 0 Å². The summed E-state index contributed by atoms with van der Waals surface area (Å²) >= 11 is 0. The fourth-order valence-corrected chi connectivity index (χ4v) is 1.14. The number of rotatable bonds is 2. The summed E-state index contributed by atoms with van der Waals surface area (Å²) in [6.07, 6.45) is 0. The number of hydrogen-bond donors (Lipinski definition) is 4. The lowest BCUT2D eigenvalue weighted by Crippen LogP contribution is -2.56. The standard InChI is InChI=1S/C5H12N4O4S/c10-5(14(11,12)13)7-8-9-3-1-6-2-4-9/h6,8H,1-4H2,(H,7,10)(H,11,12,13). The van der Waals surface area contributed by atoms with Crippen LogP contribution in [0, 0.1) is 0 Å². The van der Waals surface area contributed by atoms with Crippen LogP contribution in [-0.2, 0) is 10.1 Å². The fraction of sp³-hybridized carbons (Fsp3) is 0.800. The Labute approximate surface area is 81.3 Å². The highest BCUT2D eigenvalue weighted by molar-refractivity contribution is 8.01. The van der Waals surface area contributed by atoms with Gasteiger partial charge in [0.05, 0.1) is 0 Å². The molecule has 1 aliphatic heterocycles. The molecule has 4 N–H and O–H groups in total. The van der Waals surface area contributed by atoms with Gasteiger partial charge < -0.3 is 5.32 Å². The highest BCUT2D eigenvalue weighted by Gasteiger charge is 2.19. The van der Waals surface area contributed by atoms with E-state index in [4.69, 9.17) is 4.55 Å². The first-order valence-electron chi connectivity index (χ1n) is 3.99. The predicted molar refractivity (Wildman–Crippen MR) is 47.7 cm³/mol. The van der Waals surface area contributed by atoms with Crippen molar-refractivity contribution in [3.05, 3.63) is 0 Å². The topological polar surface area (TPSA) is 111 Å². The van der Waals surface area contributed by atoms with Crippen LogP contribution in [-0.4, -0.2) is 49.4 Å². The van der Waals surface area contributed by atoms with Gasteiger partial charge in [0.1, 0.15) is 0 Å². The molecule has 0 radical (unpaired) electrons. The van der Waals surface area contributed by atoms with Gasteiger partial charge in [-0.25, -0.2) is 5.01 Å². The van der Waals surface area contributed by atoms with Gasteiger partial charge in [-0.05, 0) is 0 Å². The van der Waals surface area contributed by atoms with Crippen molar-refractivity contribution in [1.29, 1.82) is 0 Å². The zero-order chi connectivity index (χ0) is 10.6. The van der Waals surface area contributed by atoms with Gasteiger partial charge in [0.15, 0.2) is 0 Å². The summed E-state index contributed by atoms with van der Waals surface area (Å²) in [5.74, 6) is 0. The second kappa shape index (κ2) is 4.66. The minimum absolute atomic E-state index is 0.631. The fourth-order valence-electron chi connectivity index (χ4n) is 0.966. The zero-order valence-corrected chi connectivity index (χ0v) is 8.17. The minimum atomic E-state index is -4.66. The lowest BCUT2D eigenvalue weighted by Gasteiger charge is -2.27. The monoisotopic (exact) mass is 224 g/mol. The van der Waals surface area contributed by atoms with Gasteiger partial charge in [-0.15, -0.1) is 0 Å². The molecule has 82 valence electrons. The van der Waals surface area contributed by atoms with Crippen molar-refractivity contribution in [2.75, 3.05) is 26.2 Å². The Morgan fingerprint density at radius 2 is 1.93 bits per heavy atom. The van der Waals surface area contributed by atoms with Crippen molar-refractivity contribution < 1.29 is 17.8 Å². The van der Waals surface area contributed by atoms with Crippen LogP contribution in [0.3, 0.4) is 0 Å². The molecule has 1 heterocycles. The molecule has 0 unspecified atom stereocenters. The van der Waals surface area contributed by atoms with Crippen LogP contribution in [0.5, 0.6) is 0 Å². The Kier molecular flexibility index (Phi) is 3.77. The molecule has 1 rings (SSSR count). The van der Waals surface area contributed by atoms with E-state index in [1.54, 1.807) is 5.01 Å². The van der Waals surface area contributed by atoms with E-state index < -0.39 is 15.4 Å². The van der Waals surface area contributed by atoms with Gasteiger partial charge in [-0.3, -0.25) is 14.8 Å². The molecule has 0 spiro atoms. The molecule has 8 nitrogen and oxygen atoms in total. The van der Waals surface area contributed by atoms with Crippen LogP contribution in [0.1, 0.15) is 0 Å². The molecule has 0 aromatic heterocycles. The van der Waals surface area contributed by atoms with Crippen molar-refractivity contribution in [1.82, 2.24) is 21.3 Å². The van der Waals surface area contributed by atoms with Crippen LogP contribution in [0.4, 0.5) is 4.79 Å². The number of hydrazine groups is 2. The molecule has 1 saturated heterocycles. The van der Waals surface area contributed by atoms with Crippen molar-refractivity contribution in [2.45, 2.75) is 0 Å². The normalized spacial score (nSPS) is 19.2. The molecule has 1 aliphatic rings. The van der Waals surface area contributed by atoms with Crippen molar-refractivity contribution in [3.8, 4) is 0 Å². The van der Waals surface area contributed by atoms with E-state index in [1.165, 1.54) is 0 Å². The molecule has 9 heteroatoms. The number of nitrogens with zero attached hydrogens (tertiary/aromatic N) is 1. The number of piperazine rings is 1. The number of amides is 1.